The Balaban J connectivity index is 2.29. The monoisotopic (exact) mass is 375 g/mol. The number of nitro benzene ring substituents is 1. The lowest BCUT2D eigenvalue weighted by atomic mass is 9.90. The molecule has 1 heterocycles. The molecule has 0 bridgehead atoms. The highest BCUT2D eigenvalue weighted by Gasteiger charge is 2.28. The van der Waals surface area contributed by atoms with Gasteiger partial charge < -0.3 is 10.6 Å². The number of hydrogen-bond acceptors (Lipinski definition) is 4. The van der Waals surface area contributed by atoms with Crippen LogP contribution < -0.4 is 10.6 Å². The lowest BCUT2D eigenvalue weighted by Gasteiger charge is -2.37. The SMILES string of the molecule is CCC1CN(c2ccc(I)cc2[N+](=O)[O-])CCC1N. The molecule has 1 aromatic carbocycles. The van der Waals surface area contributed by atoms with Gasteiger partial charge in [-0.05, 0) is 47.1 Å². The Morgan fingerprint density at radius 3 is 2.95 bits per heavy atom. The topological polar surface area (TPSA) is 72.4 Å². The number of nitrogens with two attached hydrogens (primary N) is 1. The van der Waals surface area contributed by atoms with Crippen LogP contribution in [-0.4, -0.2) is 24.1 Å². The minimum absolute atomic E-state index is 0.192. The predicted octanol–water partition coefficient (Wildman–Crippen LogP) is 2.76. The van der Waals surface area contributed by atoms with E-state index in [4.69, 9.17) is 5.73 Å². The smallest absolute Gasteiger partial charge is 0.293 e. The van der Waals surface area contributed by atoms with Gasteiger partial charge in [0.25, 0.3) is 5.69 Å². The van der Waals surface area contributed by atoms with Crippen molar-refractivity contribution in [2.45, 2.75) is 25.8 Å². The first-order valence-electron chi connectivity index (χ1n) is 6.47. The molecule has 2 atom stereocenters. The number of halogens is 1. The van der Waals surface area contributed by atoms with Crippen LogP contribution in [0.3, 0.4) is 0 Å². The molecule has 1 aromatic rings. The van der Waals surface area contributed by atoms with Crippen molar-refractivity contribution in [3.8, 4) is 0 Å². The van der Waals surface area contributed by atoms with Gasteiger partial charge in [0.15, 0.2) is 0 Å². The molecule has 0 amide bonds. The molecule has 19 heavy (non-hydrogen) atoms. The van der Waals surface area contributed by atoms with Crippen molar-refractivity contribution in [2.75, 3.05) is 18.0 Å². The average molecular weight is 375 g/mol. The Bertz CT molecular complexity index is 481. The first-order valence-corrected chi connectivity index (χ1v) is 7.55. The largest absolute Gasteiger partial charge is 0.366 e. The standard InChI is InChI=1S/C13H18IN3O2/c1-2-9-8-16(6-5-11(9)15)12-4-3-10(14)7-13(12)17(18)19/h3-4,7,9,11H,2,5-6,8,15H2,1H3. The van der Waals surface area contributed by atoms with Crippen LogP contribution in [-0.2, 0) is 0 Å². The number of nitro groups is 1. The maximum absolute atomic E-state index is 11.2. The highest BCUT2D eigenvalue weighted by atomic mass is 127. The third-order valence-electron chi connectivity index (χ3n) is 3.79. The molecule has 104 valence electrons. The van der Waals surface area contributed by atoms with Crippen molar-refractivity contribution in [3.63, 3.8) is 0 Å². The van der Waals surface area contributed by atoms with Crippen molar-refractivity contribution in [2.24, 2.45) is 11.7 Å². The van der Waals surface area contributed by atoms with Gasteiger partial charge in [-0.15, -0.1) is 0 Å². The molecular formula is C13H18IN3O2. The molecule has 2 N–H and O–H groups in total. The minimum Gasteiger partial charge on any atom is -0.366 e. The Kier molecular flexibility index (Phi) is 4.62. The normalized spacial score (nSPS) is 23.4. The number of benzene rings is 1. The van der Waals surface area contributed by atoms with E-state index in [9.17, 15) is 10.1 Å². The Hall–Kier alpha value is -0.890. The molecule has 1 aliphatic heterocycles. The van der Waals surface area contributed by atoms with E-state index in [0.717, 1.165) is 35.2 Å². The van der Waals surface area contributed by atoms with E-state index in [1.165, 1.54) is 0 Å². The zero-order valence-corrected chi connectivity index (χ0v) is 13.0. The Morgan fingerprint density at radius 2 is 2.32 bits per heavy atom. The Morgan fingerprint density at radius 1 is 1.58 bits per heavy atom. The summed E-state index contributed by atoms with van der Waals surface area (Å²) in [4.78, 5) is 13.0. The summed E-state index contributed by atoms with van der Waals surface area (Å²) >= 11 is 2.10. The van der Waals surface area contributed by atoms with Crippen molar-refractivity contribution in [1.29, 1.82) is 0 Å². The van der Waals surface area contributed by atoms with Gasteiger partial charge in [-0.2, -0.15) is 0 Å². The van der Waals surface area contributed by atoms with E-state index in [0.29, 0.717) is 5.92 Å². The average Bonchev–Trinajstić information content (AvgIpc) is 2.39. The van der Waals surface area contributed by atoms with Crippen LogP contribution in [0.5, 0.6) is 0 Å². The molecule has 1 aliphatic rings. The summed E-state index contributed by atoms with van der Waals surface area (Å²) in [5.74, 6) is 0.410. The highest BCUT2D eigenvalue weighted by molar-refractivity contribution is 14.1. The summed E-state index contributed by atoms with van der Waals surface area (Å²) in [5.41, 5.74) is 7.00. The maximum Gasteiger partial charge on any atom is 0.293 e. The second kappa shape index (κ2) is 6.04. The van der Waals surface area contributed by atoms with Crippen LogP contribution in [0.4, 0.5) is 11.4 Å². The molecule has 2 rings (SSSR count). The molecule has 0 spiro atoms. The van der Waals surface area contributed by atoms with Crippen LogP contribution in [0.1, 0.15) is 19.8 Å². The summed E-state index contributed by atoms with van der Waals surface area (Å²) in [6, 6.07) is 5.61. The van der Waals surface area contributed by atoms with Crippen LogP contribution in [0, 0.1) is 19.6 Å². The van der Waals surface area contributed by atoms with Gasteiger partial charge in [0.1, 0.15) is 5.69 Å². The van der Waals surface area contributed by atoms with Gasteiger partial charge in [-0.25, -0.2) is 0 Å². The molecule has 5 nitrogen and oxygen atoms in total. The Labute approximate surface area is 126 Å². The van der Waals surface area contributed by atoms with Crippen LogP contribution in [0.15, 0.2) is 18.2 Å². The van der Waals surface area contributed by atoms with Gasteiger partial charge >= 0.3 is 0 Å². The lowest BCUT2D eigenvalue weighted by Crippen LogP contribution is -2.47. The number of rotatable bonds is 3. The van der Waals surface area contributed by atoms with Gasteiger partial charge in [0, 0.05) is 28.8 Å². The van der Waals surface area contributed by atoms with Crippen molar-refractivity contribution in [3.05, 3.63) is 31.9 Å². The van der Waals surface area contributed by atoms with E-state index >= 15 is 0 Å². The summed E-state index contributed by atoms with van der Waals surface area (Å²) in [6.07, 6.45) is 1.90. The van der Waals surface area contributed by atoms with Gasteiger partial charge in [-0.1, -0.05) is 13.3 Å². The third kappa shape index (κ3) is 3.17. The summed E-state index contributed by atoms with van der Waals surface area (Å²) in [6.45, 7) is 3.72. The fraction of sp³-hybridized carbons (Fsp3) is 0.538. The van der Waals surface area contributed by atoms with E-state index in [1.54, 1.807) is 6.07 Å². The van der Waals surface area contributed by atoms with E-state index in [-0.39, 0.29) is 16.7 Å². The van der Waals surface area contributed by atoms with E-state index in [1.807, 2.05) is 12.1 Å². The third-order valence-corrected chi connectivity index (χ3v) is 4.46. The number of piperidine rings is 1. The summed E-state index contributed by atoms with van der Waals surface area (Å²) < 4.78 is 0.883. The second-order valence-corrected chi connectivity index (χ2v) is 6.20. The molecule has 1 saturated heterocycles. The first kappa shape index (κ1) is 14.5. The van der Waals surface area contributed by atoms with Crippen LogP contribution >= 0.6 is 22.6 Å². The lowest BCUT2D eigenvalue weighted by molar-refractivity contribution is -0.384. The van der Waals surface area contributed by atoms with E-state index in [2.05, 4.69) is 34.4 Å². The molecule has 2 unspecified atom stereocenters. The summed E-state index contributed by atoms with van der Waals surface area (Å²) in [7, 11) is 0. The summed E-state index contributed by atoms with van der Waals surface area (Å²) in [5, 5.41) is 11.2. The maximum atomic E-state index is 11.2. The van der Waals surface area contributed by atoms with Crippen LogP contribution in [0.2, 0.25) is 0 Å². The van der Waals surface area contributed by atoms with Crippen molar-refractivity contribution < 1.29 is 4.92 Å². The molecule has 0 aliphatic carbocycles. The fourth-order valence-corrected chi connectivity index (χ4v) is 3.09. The zero-order valence-electron chi connectivity index (χ0n) is 10.9. The molecule has 0 radical (unpaired) electrons. The van der Waals surface area contributed by atoms with Crippen molar-refractivity contribution in [1.82, 2.24) is 0 Å². The van der Waals surface area contributed by atoms with Gasteiger partial charge in [-0.3, -0.25) is 10.1 Å². The second-order valence-electron chi connectivity index (χ2n) is 4.96. The fourth-order valence-electron chi connectivity index (χ4n) is 2.61. The number of nitrogens with zero attached hydrogens (tertiary/aromatic N) is 2. The molecular weight excluding hydrogens is 357 g/mol. The van der Waals surface area contributed by atoms with Gasteiger partial charge in [0.05, 0.1) is 4.92 Å². The van der Waals surface area contributed by atoms with Crippen molar-refractivity contribution >= 4 is 34.0 Å². The predicted molar refractivity (Wildman–Crippen MR) is 84.4 cm³/mol. The molecule has 0 aromatic heterocycles. The molecule has 0 saturated carbocycles. The minimum atomic E-state index is -0.299. The number of hydrogen-bond donors (Lipinski definition) is 1. The molecule has 6 heteroatoms. The highest BCUT2D eigenvalue weighted by Crippen LogP contribution is 2.33. The zero-order chi connectivity index (χ0) is 14.0. The quantitative estimate of drug-likeness (QED) is 0.501. The van der Waals surface area contributed by atoms with Gasteiger partial charge in [0.2, 0.25) is 0 Å². The van der Waals surface area contributed by atoms with Crippen LogP contribution in [0.25, 0.3) is 0 Å². The van der Waals surface area contributed by atoms with E-state index < -0.39 is 0 Å². The first-order chi connectivity index (χ1) is 9.02. The number of anilines is 1. The molecule has 1 fully saturated rings.